The molecule has 4 aromatic rings. The number of hydrogen-bond donors (Lipinski definition) is 0. The van der Waals surface area contributed by atoms with Gasteiger partial charge in [0.1, 0.15) is 12.5 Å². The summed E-state index contributed by atoms with van der Waals surface area (Å²) in [7, 11) is 1.66. The summed E-state index contributed by atoms with van der Waals surface area (Å²) in [6, 6.07) is 8.27. The highest BCUT2D eigenvalue weighted by atomic mass is 19.3. The molecule has 5 heterocycles. The Labute approximate surface area is 227 Å². The van der Waals surface area contributed by atoms with Crippen molar-refractivity contribution in [2.75, 3.05) is 26.3 Å². The minimum Gasteiger partial charge on any atom is -0.379 e. The van der Waals surface area contributed by atoms with Crippen molar-refractivity contribution in [3.05, 3.63) is 82.1 Å². The lowest BCUT2D eigenvalue weighted by Gasteiger charge is -2.43. The van der Waals surface area contributed by atoms with Crippen molar-refractivity contribution in [3.8, 4) is 5.69 Å². The largest absolute Gasteiger partial charge is 0.379 e. The molecule has 0 unspecified atom stereocenters. The van der Waals surface area contributed by atoms with Gasteiger partial charge in [0.15, 0.2) is 12.0 Å². The van der Waals surface area contributed by atoms with Gasteiger partial charge < -0.3 is 9.30 Å². The molecule has 0 N–H and O–H groups in total. The number of aryl methyl sites for hydroxylation is 1. The predicted octanol–water partition coefficient (Wildman–Crippen LogP) is 4.24. The lowest BCUT2D eigenvalue weighted by Crippen LogP contribution is -2.50. The second-order valence-corrected chi connectivity index (χ2v) is 11.0. The summed E-state index contributed by atoms with van der Waals surface area (Å²) in [5.74, 6) is -3.04. The van der Waals surface area contributed by atoms with E-state index in [1.165, 1.54) is 32.1 Å². The lowest BCUT2D eigenvalue weighted by molar-refractivity contribution is -0.102. The molecule has 0 aliphatic carbocycles. The third-order valence-electron chi connectivity index (χ3n) is 8.10. The molecule has 2 aliphatic rings. The number of piperidine rings is 1. The van der Waals surface area contributed by atoms with Crippen LogP contribution in [-0.2, 0) is 29.7 Å². The molecule has 0 bridgehead atoms. The van der Waals surface area contributed by atoms with Crippen LogP contribution in [0.1, 0.15) is 48.5 Å². The van der Waals surface area contributed by atoms with E-state index in [4.69, 9.17) is 4.74 Å². The molecule has 3 aromatic heterocycles. The van der Waals surface area contributed by atoms with Crippen LogP contribution in [0.5, 0.6) is 0 Å². The van der Waals surface area contributed by atoms with Crippen LogP contribution in [0.3, 0.4) is 0 Å². The molecule has 2 aliphatic heterocycles. The van der Waals surface area contributed by atoms with Crippen LogP contribution in [0.2, 0.25) is 0 Å². The number of aromatic nitrogens is 5. The molecule has 1 atom stereocenters. The average Bonchev–Trinajstić information content (AvgIpc) is 3.47. The monoisotopic (exact) mass is 558 g/mol. The van der Waals surface area contributed by atoms with E-state index >= 15 is 4.39 Å². The highest BCUT2D eigenvalue weighted by Gasteiger charge is 2.50. The third-order valence-corrected chi connectivity index (χ3v) is 8.10. The summed E-state index contributed by atoms with van der Waals surface area (Å²) in [5, 5.41) is 7.72. The number of hydrogen-bond acceptors (Lipinski definition) is 5. The lowest BCUT2D eigenvalue weighted by atomic mass is 9.74. The fourth-order valence-corrected chi connectivity index (χ4v) is 5.70. The first-order chi connectivity index (χ1) is 19.1. The maximum atomic E-state index is 15.9. The molecule has 6 rings (SSSR count). The predicted molar refractivity (Wildman–Crippen MR) is 139 cm³/mol. The quantitative estimate of drug-likeness (QED) is 0.318. The van der Waals surface area contributed by atoms with Crippen molar-refractivity contribution in [3.63, 3.8) is 0 Å². The van der Waals surface area contributed by atoms with E-state index in [2.05, 4.69) is 10.2 Å². The van der Waals surface area contributed by atoms with Gasteiger partial charge in [-0.1, -0.05) is 12.1 Å². The van der Waals surface area contributed by atoms with Crippen molar-refractivity contribution in [2.45, 2.75) is 50.0 Å². The summed E-state index contributed by atoms with van der Waals surface area (Å²) < 4.78 is 68.5. The number of pyridine rings is 1. The van der Waals surface area contributed by atoms with Gasteiger partial charge >= 0.3 is 5.69 Å². The highest BCUT2D eigenvalue weighted by Crippen LogP contribution is 2.45. The van der Waals surface area contributed by atoms with Crippen LogP contribution in [0.15, 0.2) is 53.8 Å². The van der Waals surface area contributed by atoms with E-state index in [1.54, 1.807) is 37.5 Å². The van der Waals surface area contributed by atoms with Gasteiger partial charge in [-0.05, 0) is 42.2 Å². The van der Waals surface area contributed by atoms with Crippen LogP contribution < -0.4 is 5.69 Å². The summed E-state index contributed by atoms with van der Waals surface area (Å²) in [5.41, 5.74) is -0.172. The fraction of sp³-hybridized carbons (Fsp3) is 0.464. The van der Waals surface area contributed by atoms with E-state index < -0.39 is 29.4 Å². The Morgan fingerprint density at radius 2 is 1.93 bits per heavy atom. The summed E-state index contributed by atoms with van der Waals surface area (Å²) in [6.07, 6.45) is 2.83. The third kappa shape index (κ3) is 4.52. The first-order valence-corrected chi connectivity index (χ1v) is 13.2. The normalized spacial score (nSPS) is 19.1. The van der Waals surface area contributed by atoms with E-state index in [-0.39, 0.29) is 30.1 Å². The Morgan fingerprint density at radius 3 is 2.55 bits per heavy atom. The first-order valence-electron chi connectivity index (χ1n) is 13.2. The first kappa shape index (κ1) is 26.7. The molecule has 2 saturated heterocycles. The van der Waals surface area contributed by atoms with E-state index in [0.29, 0.717) is 49.3 Å². The Morgan fingerprint density at radius 1 is 1.18 bits per heavy atom. The van der Waals surface area contributed by atoms with Gasteiger partial charge in [0.2, 0.25) is 0 Å². The van der Waals surface area contributed by atoms with Crippen LogP contribution in [-0.4, -0.2) is 61.1 Å². The Hall–Kier alpha value is -3.51. The molecule has 12 heteroatoms. The molecule has 0 saturated carbocycles. The number of fused-ring (bicyclic) bond motifs is 1. The van der Waals surface area contributed by atoms with Gasteiger partial charge in [-0.3, -0.25) is 13.9 Å². The standard InChI is InChI=1S/C28H30F4N6O2/c1-27(31,32)22-10-18(12-36-8-6-20(29)7-9-36)13-38-23(22)14-37(26(38)39)21-5-3-4-19(11-21)28(15-40-16-28)24(30)25-34-33-17-35(25)2/h3-5,10-11,13-14,17,20,24H,6-9,12,15-16H2,1-2H3/t24-/m0/s1. The van der Waals surface area contributed by atoms with Crippen molar-refractivity contribution >= 4 is 5.52 Å². The summed E-state index contributed by atoms with van der Waals surface area (Å²) in [4.78, 5) is 15.6. The smallest absolute Gasteiger partial charge is 0.337 e. The van der Waals surface area contributed by atoms with E-state index in [1.807, 2.05) is 4.90 Å². The topological polar surface area (TPSA) is 69.6 Å². The minimum atomic E-state index is -3.21. The van der Waals surface area contributed by atoms with Crippen molar-refractivity contribution < 1.29 is 22.3 Å². The fourth-order valence-electron chi connectivity index (χ4n) is 5.70. The molecular weight excluding hydrogens is 528 g/mol. The van der Waals surface area contributed by atoms with E-state index in [9.17, 15) is 18.0 Å². The number of imidazole rings is 1. The molecular formula is C28H30F4N6O2. The molecule has 212 valence electrons. The van der Waals surface area contributed by atoms with Crippen LogP contribution >= 0.6 is 0 Å². The van der Waals surface area contributed by atoms with E-state index in [0.717, 1.165) is 6.92 Å². The molecule has 1 aromatic carbocycles. The van der Waals surface area contributed by atoms with Crippen LogP contribution in [0, 0.1) is 0 Å². The Kier molecular flexibility index (Phi) is 6.57. The highest BCUT2D eigenvalue weighted by molar-refractivity contribution is 5.58. The molecule has 40 heavy (non-hydrogen) atoms. The second-order valence-electron chi connectivity index (χ2n) is 11.0. The SMILES string of the molecule is Cn1cnnc1[C@H](F)C1(c2cccc(-n3cc4c(C(C)(F)F)cc(CN5CCC(F)CC5)cn4c3=O)c2)COC1. The van der Waals surface area contributed by atoms with Gasteiger partial charge in [0.25, 0.3) is 5.92 Å². The number of nitrogens with zero attached hydrogens (tertiary/aromatic N) is 6. The number of likely N-dealkylation sites (tertiary alicyclic amines) is 1. The number of ether oxygens (including phenoxy) is 1. The van der Waals surface area contributed by atoms with Crippen LogP contribution in [0.4, 0.5) is 17.6 Å². The average molecular weight is 559 g/mol. The maximum absolute atomic E-state index is 15.9. The van der Waals surface area contributed by atoms with Gasteiger partial charge in [-0.25, -0.2) is 22.4 Å². The maximum Gasteiger partial charge on any atom is 0.337 e. The van der Waals surface area contributed by atoms with Gasteiger partial charge in [0.05, 0.1) is 29.8 Å². The molecule has 0 amide bonds. The van der Waals surface area contributed by atoms with Crippen molar-refractivity contribution in [1.29, 1.82) is 0 Å². The molecule has 0 radical (unpaired) electrons. The molecule has 0 spiro atoms. The molecule has 8 nitrogen and oxygen atoms in total. The van der Waals surface area contributed by atoms with Crippen LogP contribution in [0.25, 0.3) is 11.2 Å². The van der Waals surface area contributed by atoms with Gasteiger partial charge in [0, 0.05) is 51.6 Å². The molecule has 2 fully saturated rings. The zero-order chi connectivity index (χ0) is 28.2. The van der Waals surface area contributed by atoms with Gasteiger partial charge in [-0.2, -0.15) is 0 Å². The summed E-state index contributed by atoms with van der Waals surface area (Å²) >= 11 is 0. The summed E-state index contributed by atoms with van der Waals surface area (Å²) in [6.45, 7) is 2.42. The van der Waals surface area contributed by atoms with Crippen molar-refractivity contribution in [1.82, 2.24) is 28.6 Å². The number of benzene rings is 1. The second kappa shape index (κ2) is 9.84. The Balaban J connectivity index is 1.40. The zero-order valence-corrected chi connectivity index (χ0v) is 22.2. The number of alkyl halides is 4. The van der Waals surface area contributed by atoms with Crippen molar-refractivity contribution in [2.24, 2.45) is 7.05 Å². The minimum absolute atomic E-state index is 0.0817. The number of rotatable bonds is 7. The van der Waals surface area contributed by atoms with Gasteiger partial charge in [-0.15, -0.1) is 10.2 Å². The zero-order valence-electron chi connectivity index (χ0n) is 22.2. The number of halogens is 4. The Bertz CT molecular complexity index is 1590.